The van der Waals surface area contributed by atoms with Gasteiger partial charge in [0.1, 0.15) is 0 Å². The minimum absolute atomic E-state index is 1.35. The van der Waals surface area contributed by atoms with Gasteiger partial charge in [0, 0.05) is 9.40 Å². The molecular weight excluding hydrogens is 336 g/mol. The molecule has 4 aromatic rings. The van der Waals surface area contributed by atoms with Crippen LogP contribution in [0.4, 0.5) is 0 Å². The standard InChI is InChI=1S/2C8H6S.H2O3S/c2*1-2-4-8-7(3-1)5-6-9-8;1-4(2)3/h2*1-6H;4H,(H,1,2,3). The quantitative estimate of drug-likeness (QED) is 0.351. The van der Waals surface area contributed by atoms with Crippen molar-refractivity contribution in [3.8, 4) is 0 Å². The molecule has 22 heavy (non-hydrogen) atoms. The van der Waals surface area contributed by atoms with Crippen molar-refractivity contribution in [2.24, 2.45) is 0 Å². The van der Waals surface area contributed by atoms with Gasteiger partial charge in [-0.25, -0.2) is 8.42 Å². The Balaban J connectivity index is 0.000000131. The first kappa shape index (κ1) is 16.6. The maximum Gasteiger partial charge on any atom is 0.254 e. The SMILES string of the molecule is O=[SH](=O)O.c1ccc2sccc2c1.c1ccc2sccc2c1. The topological polar surface area (TPSA) is 54.4 Å². The third-order valence-corrected chi connectivity index (χ3v) is 4.52. The molecule has 0 amide bonds. The van der Waals surface area contributed by atoms with Crippen molar-refractivity contribution >= 4 is 53.8 Å². The summed E-state index contributed by atoms with van der Waals surface area (Å²) in [5.41, 5.74) is 0. The Morgan fingerprint density at radius 2 is 1.05 bits per heavy atom. The number of rotatable bonds is 0. The predicted molar refractivity (Wildman–Crippen MR) is 96.6 cm³/mol. The lowest BCUT2D eigenvalue weighted by atomic mass is 10.3. The molecule has 0 fully saturated rings. The molecule has 6 heteroatoms. The molecular formula is C16H14O3S3. The van der Waals surface area contributed by atoms with Gasteiger partial charge in [0.25, 0.3) is 11.0 Å². The zero-order valence-electron chi connectivity index (χ0n) is 11.5. The number of hydrogen-bond donors (Lipinski definition) is 2. The van der Waals surface area contributed by atoms with E-state index in [1.54, 1.807) is 22.7 Å². The van der Waals surface area contributed by atoms with E-state index in [0.717, 1.165) is 0 Å². The van der Waals surface area contributed by atoms with Crippen LogP contribution in [-0.2, 0) is 11.0 Å². The molecule has 0 aliphatic carbocycles. The van der Waals surface area contributed by atoms with E-state index in [1.165, 1.54) is 20.2 Å². The smallest absolute Gasteiger partial charge is 0.254 e. The molecule has 0 saturated carbocycles. The van der Waals surface area contributed by atoms with Crippen LogP contribution >= 0.6 is 22.7 Å². The zero-order valence-corrected chi connectivity index (χ0v) is 14.0. The molecule has 1 N–H and O–H groups in total. The van der Waals surface area contributed by atoms with Gasteiger partial charge in [-0.15, -0.1) is 22.7 Å². The molecule has 0 atom stereocenters. The lowest BCUT2D eigenvalue weighted by molar-refractivity contribution is 0.509. The average Bonchev–Trinajstić information content (AvgIpc) is 3.16. The summed E-state index contributed by atoms with van der Waals surface area (Å²) < 4.78 is 26.9. The molecule has 0 saturated heterocycles. The minimum atomic E-state index is -3.12. The van der Waals surface area contributed by atoms with Crippen LogP contribution in [0.25, 0.3) is 20.2 Å². The Kier molecular flexibility index (Phi) is 6.54. The third-order valence-electron chi connectivity index (χ3n) is 2.72. The molecule has 0 spiro atoms. The van der Waals surface area contributed by atoms with Crippen molar-refractivity contribution < 1.29 is 13.0 Å². The summed E-state index contributed by atoms with van der Waals surface area (Å²) in [6.07, 6.45) is 0. The highest BCUT2D eigenvalue weighted by Gasteiger charge is 1.88. The van der Waals surface area contributed by atoms with Gasteiger partial charge in [0.2, 0.25) is 0 Å². The Hall–Kier alpha value is -1.73. The molecule has 0 unspecified atom stereocenters. The molecule has 0 aliphatic heterocycles. The van der Waals surface area contributed by atoms with E-state index in [4.69, 9.17) is 13.0 Å². The van der Waals surface area contributed by atoms with Gasteiger partial charge in [0.05, 0.1) is 0 Å². The monoisotopic (exact) mass is 350 g/mol. The van der Waals surface area contributed by atoms with Crippen molar-refractivity contribution in [1.82, 2.24) is 0 Å². The van der Waals surface area contributed by atoms with Gasteiger partial charge < -0.3 is 0 Å². The summed E-state index contributed by atoms with van der Waals surface area (Å²) in [5, 5.41) is 6.93. The van der Waals surface area contributed by atoms with Gasteiger partial charge in [-0.3, -0.25) is 4.55 Å². The summed E-state index contributed by atoms with van der Waals surface area (Å²) in [5.74, 6) is 0. The Labute approximate surface area is 138 Å². The molecule has 0 bridgehead atoms. The summed E-state index contributed by atoms with van der Waals surface area (Å²) in [6, 6.07) is 21.1. The van der Waals surface area contributed by atoms with E-state index in [2.05, 4.69) is 71.4 Å². The zero-order chi connectivity index (χ0) is 15.8. The van der Waals surface area contributed by atoms with E-state index in [1.807, 2.05) is 0 Å². The molecule has 2 aromatic heterocycles. The summed E-state index contributed by atoms with van der Waals surface area (Å²) >= 11 is 3.57. The first-order valence-electron chi connectivity index (χ1n) is 6.34. The van der Waals surface area contributed by atoms with E-state index in [9.17, 15) is 0 Å². The molecule has 114 valence electrons. The lowest BCUT2D eigenvalue weighted by Crippen LogP contribution is -1.58. The van der Waals surface area contributed by atoms with Crippen LogP contribution < -0.4 is 0 Å². The van der Waals surface area contributed by atoms with Gasteiger partial charge in [-0.2, -0.15) is 0 Å². The summed E-state index contributed by atoms with van der Waals surface area (Å²) in [4.78, 5) is 0. The summed E-state index contributed by atoms with van der Waals surface area (Å²) in [7, 11) is -3.12. The van der Waals surface area contributed by atoms with Crippen molar-refractivity contribution in [2.75, 3.05) is 0 Å². The van der Waals surface area contributed by atoms with Crippen molar-refractivity contribution in [3.63, 3.8) is 0 Å². The number of fused-ring (bicyclic) bond motifs is 2. The molecule has 2 aromatic carbocycles. The van der Waals surface area contributed by atoms with Crippen LogP contribution in [0.3, 0.4) is 0 Å². The van der Waals surface area contributed by atoms with E-state index < -0.39 is 11.0 Å². The summed E-state index contributed by atoms with van der Waals surface area (Å²) in [6.45, 7) is 0. The number of benzene rings is 2. The fourth-order valence-corrected chi connectivity index (χ4v) is 3.39. The fraction of sp³-hybridized carbons (Fsp3) is 0. The van der Waals surface area contributed by atoms with Crippen LogP contribution in [0.2, 0.25) is 0 Å². The van der Waals surface area contributed by atoms with Gasteiger partial charge >= 0.3 is 0 Å². The Morgan fingerprint density at radius 3 is 1.41 bits per heavy atom. The molecule has 4 rings (SSSR count). The van der Waals surface area contributed by atoms with Crippen molar-refractivity contribution in [3.05, 3.63) is 71.4 Å². The van der Waals surface area contributed by atoms with E-state index in [-0.39, 0.29) is 0 Å². The molecule has 2 heterocycles. The lowest BCUT2D eigenvalue weighted by Gasteiger charge is -1.82. The molecule has 0 aliphatic rings. The second-order valence-electron chi connectivity index (χ2n) is 4.15. The number of thiophene rings is 2. The number of hydrogen-bond acceptors (Lipinski definition) is 4. The Bertz CT molecular complexity index is 772. The van der Waals surface area contributed by atoms with Crippen LogP contribution in [0.15, 0.2) is 71.4 Å². The van der Waals surface area contributed by atoms with Crippen LogP contribution in [0, 0.1) is 0 Å². The van der Waals surface area contributed by atoms with Crippen LogP contribution in [0.1, 0.15) is 0 Å². The minimum Gasteiger partial charge on any atom is -0.288 e. The second-order valence-corrected chi connectivity index (χ2v) is 6.53. The van der Waals surface area contributed by atoms with E-state index in [0.29, 0.717) is 0 Å². The highest BCUT2D eigenvalue weighted by Crippen LogP contribution is 2.19. The average molecular weight is 350 g/mol. The van der Waals surface area contributed by atoms with Crippen molar-refractivity contribution in [2.45, 2.75) is 0 Å². The normalized spacial score (nSPS) is 9.91. The maximum atomic E-state index is 8.59. The highest BCUT2D eigenvalue weighted by molar-refractivity contribution is 7.66. The highest BCUT2D eigenvalue weighted by atomic mass is 32.2. The van der Waals surface area contributed by atoms with E-state index >= 15 is 0 Å². The van der Waals surface area contributed by atoms with Gasteiger partial charge in [-0.1, -0.05) is 36.4 Å². The third kappa shape index (κ3) is 5.23. The molecule has 3 nitrogen and oxygen atoms in total. The van der Waals surface area contributed by atoms with Crippen LogP contribution in [-0.4, -0.2) is 13.0 Å². The maximum absolute atomic E-state index is 8.59. The van der Waals surface area contributed by atoms with Gasteiger partial charge in [-0.05, 0) is 45.8 Å². The first-order valence-corrected chi connectivity index (χ1v) is 9.23. The number of thiol groups is 1. The fourth-order valence-electron chi connectivity index (χ4n) is 1.81. The second kappa shape index (κ2) is 8.65. The van der Waals surface area contributed by atoms with Crippen LogP contribution in [0.5, 0.6) is 0 Å². The van der Waals surface area contributed by atoms with Gasteiger partial charge in [0.15, 0.2) is 0 Å². The first-order chi connectivity index (χ1) is 10.7. The van der Waals surface area contributed by atoms with Crippen molar-refractivity contribution in [1.29, 1.82) is 0 Å². The molecule has 0 radical (unpaired) electrons. The Morgan fingerprint density at radius 1 is 0.682 bits per heavy atom. The largest absolute Gasteiger partial charge is 0.288 e. The predicted octanol–water partition coefficient (Wildman–Crippen LogP) is 4.87.